The fraction of sp³-hybridized carbons (Fsp3) is 0.462. The lowest BCUT2D eigenvalue weighted by Crippen LogP contribution is -2.48. The molecule has 2 atom stereocenters. The summed E-state index contributed by atoms with van der Waals surface area (Å²) in [4.78, 5) is 36.7. The molecule has 116 valence electrons. The molecule has 0 saturated carbocycles. The minimum atomic E-state index is -1.88. The van der Waals surface area contributed by atoms with Crippen molar-refractivity contribution in [2.75, 3.05) is 6.54 Å². The van der Waals surface area contributed by atoms with E-state index in [1.807, 2.05) is 0 Å². The van der Waals surface area contributed by atoms with Crippen LogP contribution >= 0.6 is 0 Å². The molecule has 1 aliphatic rings. The zero-order valence-electron chi connectivity index (χ0n) is 12.2. The van der Waals surface area contributed by atoms with Gasteiger partial charge >= 0.3 is 11.7 Å². The second-order valence-corrected chi connectivity index (χ2v) is 5.04. The highest BCUT2D eigenvalue weighted by Gasteiger charge is 2.39. The highest BCUT2D eigenvalue weighted by molar-refractivity contribution is 6.40. The Labute approximate surface area is 134 Å². The molecule has 0 aromatic carbocycles. The van der Waals surface area contributed by atoms with Gasteiger partial charge in [-0.25, -0.2) is 4.79 Å². The maximum atomic E-state index is 11.9. The van der Waals surface area contributed by atoms with Crippen LogP contribution in [0.4, 0.5) is 0 Å². The molecule has 4 radical (unpaired) electrons. The number of carbonyl (C=O) groups is 1. The Hall–Kier alpha value is -2.24. The second-order valence-electron chi connectivity index (χ2n) is 5.04. The maximum Gasteiger partial charge on any atom is 0.330 e. The van der Waals surface area contributed by atoms with Gasteiger partial charge in [-0.05, 0) is 12.8 Å². The van der Waals surface area contributed by atoms with Crippen LogP contribution in [0.3, 0.4) is 0 Å². The third kappa shape index (κ3) is 3.57. The van der Waals surface area contributed by atoms with Crippen molar-refractivity contribution in [3.8, 4) is 12.3 Å². The summed E-state index contributed by atoms with van der Waals surface area (Å²) in [5.41, 5.74) is 3.78. The summed E-state index contributed by atoms with van der Waals surface area (Å²) in [5, 5.41) is -1.88. The molecule has 10 heteroatoms. The van der Waals surface area contributed by atoms with Crippen molar-refractivity contribution in [1.82, 2.24) is 9.55 Å². The number of terminal acetylenes is 1. The van der Waals surface area contributed by atoms with Gasteiger partial charge in [-0.15, -0.1) is 6.42 Å². The van der Waals surface area contributed by atoms with Crippen LogP contribution in [-0.2, 0) is 14.3 Å². The van der Waals surface area contributed by atoms with Crippen LogP contribution in [0.5, 0.6) is 0 Å². The van der Waals surface area contributed by atoms with Gasteiger partial charge in [0, 0.05) is 6.20 Å². The number of nitrogens with zero attached hydrogens (tertiary/aromatic N) is 1. The number of hydrogen-bond donors (Lipinski definition) is 2. The van der Waals surface area contributed by atoms with E-state index < -0.39 is 34.9 Å². The molecule has 0 spiro atoms. The number of ether oxygens (including phenoxy) is 2. The average Bonchev–Trinajstić information content (AvgIpc) is 2.97. The van der Waals surface area contributed by atoms with Gasteiger partial charge < -0.3 is 15.2 Å². The third-order valence-electron chi connectivity index (χ3n) is 3.39. The first kappa shape index (κ1) is 17.1. The zero-order chi connectivity index (χ0) is 17.2. The molecule has 2 rings (SSSR count). The Morgan fingerprint density at radius 1 is 1.57 bits per heavy atom. The highest BCUT2D eigenvalue weighted by atomic mass is 16.6. The van der Waals surface area contributed by atoms with Crippen LogP contribution in [0.1, 0.15) is 24.6 Å². The van der Waals surface area contributed by atoms with Gasteiger partial charge in [-0.1, -0.05) is 5.92 Å². The van der Waals surface area contributed by atoms with E-state index in [-0.39, 0.29) is 12.1 Å². The van der Waals surface area contributed by atoms with Crippen molar-refractivity contribution < 1.29 is 14.3 Å². The predicted molar refractivity (Wildman–Crippen MR) is 81.8 cm³/mol. The number of H-pyrrole nitrogens is 1. The van der Waals surface area contributed by atoms with E-state index >= 15 is 0 Å². The summed E-state index contributed by atoms with van der Waals surface area (Å²) in [6.45, 7) is -0.378. The smallest absolute Gasteiger partial charge is 0.330 e. The summed E-state index contributed by atoms with van der Waals surface area (Å²) in [6.07, 6.45) is 5.50. The Bertz CT molecular complexity index is 764. The molecule has 8 nitrogen and oxygen atoms in total. The Balaban J connectivity index is 2.21. The van der Waals surface area contributed by atoms with Gasteiger partial charge in [-0.3, -0.25) is 19.1 Å². The van der Waals surface area contributed by atoms with Crippen LogP contribution in [0.2, 0.25) is 0 Å². The van der Waals surface area contributed by atoms with Gasteiger partial charge in [0.15, 0.2) is 0 Å². The zero-order valence-corrected chi connectivity index (χ0v) is 12.2. The lowest BCUT2D eigenvalue weighted by Gasteiger charge is -2.32. The number of rotatable bonds is 4. The first-order valence-electron chi connectivity index (χ1n) is 6.75. The molecular formula is C13H13B2N3O5. The molecule has 1 fully saturated rings. The van der Waals surface area contributed by atoms with Crippen molar-refractivity contribution in [2.24, 2.45) is 5.73 Å². The quantitative estimate of drug-likeness (QED) is 0.366. The van der Waals surface area contributed by atoms with Gasteiger partial charge in [-0.2, -0.15) is 0 Å². The summed E-state index contributed by atoms with van der Waals surface area (Å²) >= 11 is 0. The van der Waals surface area contributed by atoms with E-state index in [1.165, 1.54) is 6.20 Å². The topological polar surface area (TPSA) is 116 Å². The first-order chi connectivity index (χ1) is 10.8. The van der Waals surface area contributed by atoms with E-state index in [9.17, 15) is 14.4 Å². The summed E-state index contributed by atoms with van der Waals surface area (Å²) in [6, 6.07) is 0. The number of aromatic nitrogens is 2. The van der Waals surface area contributed by atoms with Crippen molar-refractivity contribution in [2.45, 2.75) is 30.6 Å². The SMILES string of the molecule is [B]C([B])(OC(=O)CN)C1CCC(n2cc(C#C)c(=O)[nH]c2=O)O1. The number of carbonyl (C=O) groups excluding carboxylic acids is 1. The van der Waals surface area contributed by atoms with Gasteiger partial charge in [0.25, 0.3) is 5.56 Å². The maximum absolute atomic E-state index is 11.9. The normalized spacial score (nSPS) is 20.9. The number of nitrogens with two attached hydrogens (primary N) is 1. The number of esters is 1. The highest BCUT2D eigenvalue weighted by Crippen LogP contribution is 2.32. The Morgan fingerprint density at radius 3 is 2.87 bits per heavy atom. The molecule has 0 amide bonds. The van der Waals surface area contributed by atoms with E-state index in [1.54, 1.807) is 0 Å². The Kier molecular flexibility index (Phi) is 4.82. The summed E-state index contributed by atoms with van der Waals surface area (Å²) in [7, 11) is 11.5. The minimum Gasteiger partial charge on any atom is -0.476 e. The number of aromatic amines is 1. The fourth-order valence-electron chi connectivity index (χ4n) is 2.26. The first-order valence-corrected chi connectivity index (χ1v) is 6.75. The third-order valence-corrected chi connectivity index (χ3v) is 3.39. The molecule has 0 bridgehead atoms. The molecule has 23 heavy (non-hydrogen) atoms. The van der Waals surface area contributed by atoms with Gasteiger partial charge in [0.05, 0.1) is 18.0 Å². The van der Waals surface area contributed by atoms with E-state index in [2.05, 4.69) is 10.9 Å². The van der Waals surface area contributed by atoms with E-state index in [0.717, 1.165) is 4.57 Å². The molecule has 1 aromatic rings. The largest absolute Gasteiger partial charge is 0.476 e. The van der Waals surface area contributed by atoms with Crippen LogP contribution < -0.4 is 17.0 Å². The van der Waals surface area contributed by atoms with Crippen molar-refractivity contribution >= 4 is 21.7 Å². The molecule has 2 heterocycles. The van der Waals surface area contributed by atoms with Crippen LogP contribution in [0, 0.1) is 12.3 Å². The van der Waals surface area contributed by atoms with Crippen LogP contribution in [-0.4, -0.2) is 49.3 Å². The van der Waals surface area contributed by atoms with E-state index in [4.69, 9.17) is 37.3 Å². The van der Waals surface area contributed by atoms with E-state index in [0.29, 0.717) is 12.8 Å². The van der Waals surface area contributed by atoms with Crippen LogP contribution in [0.15, 0.2) is 15.8 Å². The van der Waals surface area contributed by atoms with Gasteiger partial charge in [0.2, 0.25) is 0 Å². The minimum absolute atomic E-state index is 0.0158. The Morgan fingerprint density at radius 2 is 2.26 bits per heavy atom. The molecule has 3 N–H and O–H groups in total. The monoisotopic (exact) mass is 313 g/mol. The van der Waals surface area contributed by atoms with Gasteiger partial charge in [0.1, 0.15) is 27.5 Å². The lowest BCUT2D eigenvalue weighted by atomic mass is 9.61. The number of nitrogens with one attached hydrogen (secondary N) is 1. The second kappa shape index (κ2) is 6.48. The molecule has 1 aromatic heterocycles. The fourth-order valence-corrected chi connectivity index (χ4v) is 2.26. The molecule has 0 aliphatic carbocycles. The molecule has 1 saturated heterocycles. The molecular weight excluding hydrogens is 300 g/mol. The van der Waals surface area contributed by atoms with Crippen LogP contribution in [0.25, 0.3) is 0 Å². The van der Waals surface area contributed by atoms with Crippen molar-refractivity contribution in [1.29, 1.82) is 0 Å². The predicted octanol–water partition coefficient (Wildman–Crippen LogP) is -2.31. The van der Waals surface area contributed by atoms with Crippen molar-refractivity contribution in [3.05, 3.63) is 32.6 Å². The molecule has 2 unspecified atom stereocenters. The average molecular weight is 313 g/mol. The lowest BCUT2D eigenvalue weighted by molar-refractivity contribution is -0.154. The summed E-state index contributed by atoms with van der Waals surface area (Å²) < 4.78 is 11.6. The van der Waals surface area contributed by atoms with Crippen molar-refractivity contribution in [3.63, 3.8) is 0 Å². The summed E-state index contributed by atoms with van der Waals surface area (Å²) in [5.74, 6) is 1.39. The molecule has 1 aliphatic heterocycles. The number of hydrogen-bond acceptors (Lipinski definition) is 6. The standard InChI is InChI=1S/C13H13B2N3O5/c1-2-7-6-18(12(21)17-11(7)20)9-4-3-8(22-9)13(14,15)23-10(19)5-16/h1,6,8-9H,3-5,16H2,(H,17,20,21).